The molecule has 1 saturated heterocycles. The summed E-state index contributed by atoms with van der Waals surface area (Å²) in [5.74, 6) is -1.38. The van der Waals surface area contributed by atoms with Gasteiger partial charge in [-0.25, -0.2) is 8.42 Å². The molecule has 0 saturated carbocycles. The number of rotatable bonds is 3. The predicted molar refractivity (Wildman–Crippen MR) is 75.0 cm³/mol. The van der Waals surface area contributed by atoms with Gasteiger partial charge in [-0.15, -0.1) is 0 Å². The van der Waals surface area contributed by atoms with Gasteiger partial charge >= 0.3 is 5.97 Å². The summed E-state index contributed by atoms with van der Waals surface area (Å²) < 4.78 is 26.5. The van der Waals surface area contributed by atoms with E-state index in [0.717, 1.165) is 4.31 Å². The van der Waals surface area contributed by atoms with Crippen molar-refractivity contribution in [1.29, 1.82) is 5.26 Å². The standard InChI is InChI=1S/C14H16N2O4S/c1-9-3-4-11(8-15)7-12(9)21(19,20)16-6-5-10(2)13(16)14(17)18/h3-4,7,10,13H,5-6H2,1-2H3,(H,17,18). The molecule has 0 spiro atoms. The van der Waals surface area contributed by atoms with Crippen LogP contribution in [0.4, 0.5) is 0 Å². The number of aryl methyl sites for hydroxylation is 1. The SMILES string of the molecule is Cc1ccc(C#N)cc1S(=O)(=O)N1CCC(C)C1C(=O)O. The van der Waals surface area contributed by atoms with E-state index in [2.05, 4.69) is 0 Å². The number of hydrogen-bond acceptors (Lipinski definition) is 4. The van der Waals surface area contributed by atoms with E-state index in [1.54, 1.807) is 19.9 Å². The van der Waals surface area contributed by atoms with Crippen LogP contribution in [-0.2, 0) is 14.8 Å². The summed E-state index contributed by atoms with van der Waals surface area (Å²) in [6.45, 7) is 3.53. The third kappa shape index (κ3) is 2.64. The molecule has 0 aliphatic carbocycles. The molecule has 1 aromatic rings. The summed E-state index contributed by atoms with van der Waals surface area (Å²) in [6, 6.07) is 5.24. The first-order valence-electron chi connectivity index (χ1n) is 6.54. The highest BCUT2D eigenvalue weighted by Crippen LogP contribution is 2.31. The Morgan fingerprint density at radius 2 is 2.14 bits per heavy atom. The van der Waals surface area contributed by atoms with Crippen molar-refractivity contribution in [2.24, 2.45) is 5.92 Å². The Labute approximate surface area is 123 Å². The summed E-state index contributed by atoms with van der Waals surface area (Å²) in [4.78, 5) is 11.4. The van der Waals surface area contributed by atoms with Gasteiger partial charge in [0.2, 0.25) is 10.0 Å². The number of carbonyl (C=O) groups is 1. The zero-order chi connectivity index (χ0) is 15.8. The molecular weight excluding hydrogens is 292 g/mol. The van der Waals surface area contributed by atoms with E-state index in [1.165, 1.54) is 12.1 Å². The maximum Gasteiger partial charge on any atom is 0.322 e. The number of hydrogen-bond donors (Lipinski definition) is 1. The lowest BCUT2D eigenvalue weighted by atomic mass is 10.0. The maximum atomic E-state index is 12.7. The largest absolute Gasteiger partial charge is 0.480 e. The van der Waals surface area contributed by atoms with E-state index in [-0.39, 0.29) is 22.9 Å². The van der Waals surface area contributed by atoms with Gasteiger partial charge in [-0.2, -0.15) is 9.57 Å². The minimum atomic E-state index is -3.93. The van der Waals surface area contributed by atoms with E-state index in [0.29, 0.717) is 12.0 Å². The first-order chi connectivity index (χ1) is 9.78. The lowest BCUT2D eigenvalue weighted by Gasteiger charge is -2.23. The molecule has 6 nitrogen and oxygen atoms in total. The second-order valence-corrected chi connectivity index (χ2v) is 7.12. The highest BCUT2D eigenvalue weighted by molar-refractivity contribution is 7.89. The second kappa shape index (κ2) is 5.47. The van der Waals surface area contributed by atoms with E-state index in [4.69, 9.17) is 5.26 Å². The van der Waals surface area contributed by atoms with Crippen LogP contribution in [-0.4, -0.2) is 36.4 Å². The Morgan fingerprint density at radius 3 is 2.71 bits per heavy atom. The summed E-state index contributed by atoms with van der Waals surface area (Å²) in [6.07, 6.45) is 0.507. The Morgan fingerprint density at radius 1 is 1.48 bits per heavy atom. The van der Waals surface area contributed by atoms with Crippen LogP contribution < -0.4 is 0 Å². The van der Waals surface area contributed by atoms with Gasteiger partial charge in [0.1, 0.15) is 6.04 Å². The van der Waals surface area contributed by atoms with Crippen LogP contribution in [0.5, 0.6) is 0 Å². The van der Waals surface area contributed by atoms with Crippen LogP contribution in [0.25, 0.3) is 0 Å². The first-order valence-corrected chi connectivity index (χ1v) is 7.98. The molecule has 2 atom stereocenters. The monoisotopic (exact) mass is 308 g/mol. The Bertz CT molecular complexity index is 721. The molecule has 0 amide bonds. The topological polar surface area (TPSA) is 98.5 Å². The van der Waals surface area contributed by atoms with Gasteiger partial charge < -0.3 is 5.11 Å². The maximum absolute atomic E-state index is 12.7. The fourth-order valence-electron chi connectivity index (χ4n) is 2.62. The number of aliphatic carboxylic acids is 1. The van der Waals surface area contributed by atoms with Gasteiger partial charge in [-0.05, 0) is 37.0 Å². The van der Waals surface area contributed by atoms with Crippen LogP contribution in [0.3, 0.4) is 0 Å². The lowest BCUT2D eigenvalue weighted by molar-refractivity contribution is -0.141. The molecule has 0 radical (unpaired) electrons. The van der Waals surface area contributed by atoms with Crippen LogP contribution in [0.15, 0.2) is 23.1 Å². The summed E-state index contributed by atoms with van der Waals surface area (Å²) in [5, 5.41) is 18.2. The van der Waals surface area contributed by atoms with Crippen molar-refractivity contribution < 1.29 is 18.3 Å². The molecule has 112 valence electrons. The van der Waals surface area contributed by atoms with Gasteiger partial charge in [-0.3, -0.25) is 4.79 Å². The zero-order valence-electron chi connectivity index (χ0n) is 11.8. The third-order valence-electron chi connectivity index (χ3n) is 3.81. The molecule has 21 heavy (non-hydrogen) atoms. The second-order valence-electron chi connectivity index (χ2n) is 5.26. The molecule has 2 unspecified atom stereocenters. The number of nitrogens with zero attached hydrogens (tertiary/aromatic N) is 2. The number of nitriles is 1. The highest BCUT2D eigenvalue weighted by atomic mass is 32.2. The van der Waals surface area contributed by atoms with Gasteiger partial charge in [0.25, 0.3) is 0 Å². The van der Waals surface area contributed by atoms with E-state index >= 15 is 0 Å². The minimum Gasteiger partial charge on any atom is -0.480 e. The van der Waals surface area contributed by atoms with Gasteiger partial charge in [0, 0.05) is 6.54 Å². The van der Waals surface area contributed by atoms with Crippen molar-refractivity contribution in [1.82, 2.24) is 4.31 Å². The van der Waals surface area contributed by atoms with Crippen molar-refractivity contribution in [2.45, 2.75) is 31.2 Å². The number of carboxylic acid groups (broad SMARTS) is 1. The summed E-state index contributed by atoms with van der Waals surface area (Å²) >= 11 is 0. The highest BCUT2D eigenvalue weighted by Gasteiger charge is 2.44. The Hall–Kier alpha value is -1.91. The Balaban J connectivity index is 2.53. The lowest BCUT2D eigenvalue weighted by Crippen LogP contribution is -2.42. The van der Waals surface area contributed by atoms with Crippen molar-refractivity contribution in [3.8, 4) is 6.07 Å². The van der Waals surface area contributed by atoms with Crippen LogP contribution in [0, 0.1) is 24.2 Å². The molecule has 1 heterocycles. The molecule has 1 aliphatic rings. The molecule has 7 heteroatoms. The van der Waals surface area contributed by atoms with Crippen molar-refractivity contribution >= 4 is 16.0 Å². The zero-order valence-corrected chi connectivity index (χ0v) is 12.6. The van der Waals surface area contributed by atoms with Gasteiger partial charge in [0.15, 0.2) is 0 Å². The summed E-state index contributed by atoms with van der Waals surface area (Å²) in [5.41, 5.74) is 0.732. The van der Waals surface area contributed by atoms with E-state index < -0.39 is 22.0 Å². The summed E-state index contributed by atoms with van der Waals surface area (Å²) in [7, 11) is -3.93. The van der Waals surface area contributed by atoms with Crippen molar-refractivity contribution in [3.63, 3.8) is 0 Å². The number of carboxylic acids is 1. The molecule has 0 bridgehead atoms. The van der Waals surface area contributed by atoms with Crippen LogP contribution in [0.2, 0.25) is 0 Å². The van der Waals surface area contributed by atoms with E-state index in [9.17, 15) is 18.3 Å². The van der Waals surface area contributed by atoms with Crippen LogP contribution in [0.1, 0.15) is 24.5 Å². The van der Waals surface area contributed by atoms with Crippen LogP contribution >= 0.6 is 0 Å². The average Bonchev–Trinajstić information content (AvgIpc) is 2.82. The van der Waals surface area contributed by atoms with Gasteiger partial charge in [0.05, 0.1) is 16.5 Å². The third-order valence-corrected chi connectivity index (χ3v) is 5.83. The first kappa shape index (κ1) is 15.5. The molecule has 2 rings (SSSR count). The minimum absolute atomic E-state index is 0.00176. The predicted octanol–water partition coefficient (Wildman–Crippen LogP) is 1.35. The molecule has 1 aliphatic heterocycles. The fourth-order valence-corrected chi connectivity index (χ4v) is 4.57. The fraction of sp³-hybridized carbons (Fsp3) is 0.429. The smallest absolute Gasteiger partial charge is 0.322 e. The molecular formula is C14H16N2O4S. The Kier molecular flexibility index (Phi) is 4.03. The quantitative estimate of drug-likeness (QED) is 0.908. The van der Waals surface area contributed by atoms with E-state index in [1.807, 2.05) is 6.07 Å². The number of benzene rings is 1. The molecule has 1 fully saturated rings. The number of sulfonamides is 1. The molecule has 1 N–H and O–H groups in total. The molecule has 0 aromatic heterocycles. The van der Waals surface area contributed by atoms with Gasteiger partial charge in [-0.1, -0.05) is 13.0 Å². The van der Waals surface area contributed by atoms with Crippen molar-refractivity contribution in [2.75, 3.05) is 6.54 Å². The average molecular weight is 308 g/mol. The molecule has 1 aromatic carbocycles. The van der Waals surface area contributed by atoms with Crippen molar-refractivity contribution in [3.05, 3.63) is 29.3 Å². The normalized spacial score (nSPS) is 22.9.